The average molecular weight is 480 g/mol. The van der Waals surface area contributed by atoms with Crippen LogP contribution in [-0.2, 0) is 19.5 Å². The summed E-state index contributed by atoms with van der Waals surface area (Å²) in [5.74, 6) is 0. The van der Waals surface area contributed by atoms with Crippen molar-refractivity contribution in [1.82, 2.24) is 0 Å². The summed E-state index contributed by atoms with van der Waals surface area (Å²) in [7, 11) is 0. The minimum absolute atomic E-state index is 0. The van der Waals surface area contributed by atoms with Crippen LogP contribution in [0.2, 0.25) is 0 Å². The molecule has 6 heteroatoms. The third kappa shape index (κ3) is 27.3. The van der Waals surface area contributed by atoms with Gasteiger partial charge >= 0.3 is 51.0 Å². The van der Waals surface area contributed by atoms with E-state index in [-0.39, 0.29) is 107 Å². The maximum Gasteiger partial charge on any atom is 0 e. The van der Waals surface area contributed by atoms with Crippen LogP contribution in [0.5, 0.6) is 0 Å². The van der Waals surface area contributed by atoms with E-state index in [1.807, 2.05) is 0 Å². The molecule has 0 N–H and O–H groups in total. The van der Waals surface area contributed by atoms with Gasteiger partial charge < -0.3 is 0 Å². The topological polar surface area (TPSA) is 0 Å². The minimum atomic E-state index is 0. The van der Waals surface area contributed by atoms with Gasteiger partial charge in [-0.05, 0) is 11.0 Å². The maximum atomic E-state index is 0. The molecule has 0 nitrogen and oxygen atoms in total. The van der Waals surface area contributed by atoms with Gasteiger partial charge in [0.2, 0.25) is 0 Å². The Morgan fingerprint density at radius 2 is 1.00 bits per heavy atom. The van der Waals surface area contributed by atoms with Gasteiger partial charge in [-0.3, -0.25) is 0 Å². The van der Waals surface area contributed by atoms with Gasteiger partial charge in [0.1, 0.15) is 0 Å². The normalized spacial score (nSPS) is 0. The van der Waals surface area contributed by atoms with Crippen LogP contribution in [0.15, 0.2) is 0 Å². The molecular weight excluding hydrogens is 466 g/mol. The van der Waals surface area contributed by atoms with E-state index in [0.717, 1.165) is 0 Å². The molecular formula is H14AlBPbSiTeZn. The molecule has 0 aliphatic heterocycles. The summed E-state index contributed by atoms with van der Waals surface area (Å²) in [6.45, 7) is 0. The molecule has 0 bridgehead atoms. The second-order valence-electron chi connectivity index (χ2n) is 0. The molecule has 0 atom stereocenters. The Kier molecular flexibility index (Phi) is 429. The summed E-state index contributed by atoms with van der Waals surface area (Å²) in [6, 6.07) is 0. The Hall–Kier alpha value is 3.15. The van der Waals surface area contributed by atoms with Gasteiger partial charge in [-0.15, -0.1) is 0 Å². The van der Waals surface area contributed by atoms with Crippen molar-refractivity contribution in [3.8, 4) is 0 Å². The summed E-state index contributed by atoms with van der Waals surface area (Å²) in [4.78, 5) is 0. The van der Waals surface area contributed by atoms with Gasteiger partial charge in [-0.1, -0.05) is 0 Å². The van der Waals surface area contributed by atoms with E-state index >= 15 is 0 Å². The van der Waals surface area contributed by atoms with Gasteiger partial charge in [-0.2, -0.15) is 0 Å². The Balaban J connectivity index is 0. The molecule has 2 radical (unpaired) electrons. The maximum absolute atomic E-state index is 0. The van der Waals surface area contributed by atoms with E-state index < -0.39 is 0 Å². The molecule has 0 saturated heterocycles. The van der Waals surface area contributed by atoms with Crippen molar-refractivity contribution in [2.24, 2.45) is 0 Å². The Labute approximate surface area is 105 Å². The van der Waals surface area contributed by atoms with Crippen molar-refractivity contribution < 1.29 is 19.5 Å². The van der Waals surface area contributed by atoms with E-state index in [0.29, 0.717) is 0 Å². The van der Waals surface area contributed by atoms with E-state index in [1.165, 1.54) is 0 Å². The van der Waals surface area contributed by atoms with Crippen molar-refractivity contribution in [2.75, 3.05) is 0 Å². The summed E-state index contributed by atoms with van der Waals surface area (Å²) < 4.78 is 0. The average Bonchev–Trinajstić information content (AvgIpc) is 0. The number of rotatable bonds is 0. The smallest absolute Gasteiger partial charge is 0 e. The predicted molar refractivity (Wildman–Crippen MR) is 48.3 cm³/mol. The zero-order valence-corrected chi connectivity index (χ0v) is 13.2. The van der Waals surface area contributed by atoms with Gasteiger partial charge in [-0.25, -0.2) is 0 Å². The molecule has 0 saturated carbocycles. The first-order chi connectivity index (χ1) is 0. The SMILES string of the molecule is B.[AlH3].[PbH2].[SiH4].[TeH2].[Zn]. The number of hydrogen-bond acceptors (Lipinski definition) is 0. The quantitative estimate of drug-likeness (QED) is 0.304. The van der Waals surface area contributed by atoms with Crippen LogP contribution >= 0.6 is 0 Å². The fourth-order valence-electron chi connectivity index (χ4n) is 0. The van der Waals surface area contributed by atoms with Crippen LogP contribution < -0.4 is 0 Å². The van der Waals surface area contributed by atoms with Gasteiger partial charge in [0, 0.05) is 19.5 Å². The van der Waals surface area contributed by atoms with Crippen molar-refractivity contribution in [3.63, 3.8) is 0 Å². The van der Waals surface area contributed by atoms with Crippen LogP contribution in [0.4, 0.5) is 0 Å². The Morgan fingerprint density at radius 1 is 1.00 bits per heavy atom. The molecule has 0 fully saturated rings. The second kappa shape index (κ2) is 42.0. The molecule has 0 aromatic rings. The van der Waals surface area contributed by atoms with Crippen LogP contribution in [-0.4, -0.2) is 87.7 Å². The van der Waals surface area contributed by atoms with Gasteiger partial charge in [0.05, 0.1) is 8.41 Å². The summed E-state index contributed by atoms with van der Waals surface area (Å²) >= 11 is 0. The third-order valence-corrected chi connectivity index (χ3v) is 0. The van der Waals surface area contributed by atoms with Crippen molar-refractivity contribution in [3.05, 3.63) is 0 Å². The molecule has 0 aliphatic rings. The van der Waals surface area contributed by atoms with Gasteiger partial charge in [0.15, 0.2) is 17.4 Å². The van der Waals surface area contributed by atoms with Crippen molar-refractivity contribution >= 4 is 87.7 Å². The first-order valence-corrected chi connectivity index (χ1v) is 0. The molecule has 0 aromatic heterocycles. The zero-order chi connectivity index (χ0) is 0. The van der Waals surface area contributed by atoms with E-state index in [4.69, 9.17) is 0 Å². The van der Waals surface area contributed by atoms with Crippen LogP contribution in [0.1, 0.15) is 0 Å². The summed E-state index contributed by atoms with van der Waals surface area (Å²) in [6.07, 6.45) is 0. The molecule has 0 heterocycles. The van der Waals surface area contributed by atoms with Gasteiger partial charge in [0.25, 0.3) is 0 Å². The standard InChI is InChI=1S/Al.BH3.Pb.H4Si.H2Te.Zn.5H/h;1H3;;1H4;1H2;;;;;;. The van der Waals surface area contributed by atoms with E-state index in [1.54, 1.807) is 0 Å². The predicted octanol–water partition coefficient (Wildman–Crippen LogP) is -5.65. The fourth-order valence-corrected chi connectivity index (χ4v) is 0. The molecule has 0 aliphatic carbocycles. The number of hydrogen-bond donors (Lipinski definition) is 0. The fraction of sp³-hybridized carbons (Fsp3) is 0. The second-order valence-corrected chi connectivity index (χ2v) is 0. The van der Waals surface area contributed by atoms with Crippen LogP contribution in [0.25, 0.3) is 0 Å². The first kappa shape index (κ1) is 61.3. The van der Waals surface area contributed by atoms with Crippen molar-refractivity contribution in [1.29, 1.82) is 0 Å². The Bertz CT molecular complexity index is 15.5. The molecule has 0 rings (SSSR count). The van der Waals surface area contributed by atoms with Crippen molar-refractivity contribution in [2.45, 2.75) is 0 Å². The Morgan fingerprint density at radius 3 is 1.00 bits per heavy atom. The molecule has 36 valence electrons. The minimum Gasteiger partial charge on any atom is 0 e. The largest absolute Gasteiger partial charge is 0 e. The van der Waals surface area contributed by atoms with Crippen LogP contribution in [0.3, 0.4) is 0 Å². The summed E-state index contributed by atoms with van der Waals surface area (Å²) in [5, 5.41) is 0. The molecule has 0 amide bonds. The summed E-state index contributed by atoms with van der Waals surface area (Å²) in [5.41, 5.74) is 0. The monoisotopic (exact) mass is 482 g/mol. The van der Waals surface area contributed by atoms with E-state index in [2.05, 4.69) is 0 Å². The molecule has 0 unspecified atom stereocenters. The van der Waals surface area contributed by atoms with Crippen LogP contribution in [0, 0.1) is 0 Å². The zero-order valence-electron chi connectivity index (χ0n) is 1.91. The first-order valence-electron chi connectivity index (χ1n) is 0. The molecule has 6 heavy (non-hydrogen) atoms. The molecule has 0 aromatic carbocycles. The third-order valence-electron chi connectivity index (χ3n) is 0. The van der Waals surface area contributed by atoms with E-state index in [9.17, 15) is 0 Å². The molecule has 0 spiro atoms.